The van der Waals surface area contributed by atoms with Gasteiger partial charge in [0.2, 0.25) is 5.95 Å². The molecule has 0 radical (unpaired) electrons. The Morgan fingerprint density at radius 1 is 1.38 bits per heavy atom. The molecule has 0 aliphatic heterocycles. The summed E-state index contributed by atoms with van der Waals surface area (Å²) in [7, 11) is 1.35. The summed E-state index contributed by atoms with van der Waals surface area (Å²) in [6.45, 7) is 0. The van der Waals surface area contributed by atoms with E-state index in [1.54, 1.807) is 18.2 Å². The van der Waals surface area contributed by atoms with Gasteiger partial charge in [0.25, 0.3) is 0 Å². The molecule has 1 aromatic heterocycles. The van der Waals surface area contributed by atoms with E-state index >= 15 is 0 Å². The average molecular weight is 285 g/mol. The van der Waals surface area contributed by atoms with E-state index in [2.05, 4.69) is 25.8 Å². The third kappa shape index (κ3) is 3.44. The molecule has 1 aromatic carbocycles. The second-order valence-electron chi connectivity index (χ2n) is 4.78. The monoisotopic (exact) mass is 285 g/mol. The van der Waals surface area contributed by atoms with Crippen molar-refractivity contribution in [3.63, 3.8) is 0 Å². The van der Waals surface area contributed by atoms with Crippen molar-refractivity contribution in [1.82, 2.24) is 15.2 Å². The van der Waals surface area contributed by atoms with E-state index in [0.717, 1.165) is 18.5 Å². The number of hydrogen-bond donors (Lipinski definition) is 2. The number of esters is 1. The van der Waals surface area contributed by atoms with E-state index in [1.807, 2.05) is 6.07 Å². The summed E-state index contributed by atoms with van der Waals surface area (Å²) in [5.74, 6) is 0.692. The first-order valence-electron chi connectivity index (χ1n) is 6.66. The van der Waals surface area contributed by atoms with Gasteiger partial charge in [0.05, 0.1) is 18.9 Å². The molecular formula is C14H15N5O2. The standard InChI is InChI=1S/C14H15N5O2/c1-21-13(20)9-3-2-4-11(7-9)16-12-8-15-19-14(18-12)17-10-5-6-10/h2-4,7-8,10H,5-6H2,1H3,(H2,16,17,18,19). The van der Waals surface area contributed by atoms with Crippen LogP contribution in [0.15, 0.2) is 30.5 Å². The second kappa shape index (κ2) is 5.74. The first-order chi connectivity index (χ1) is 10.2. The van der Waals surface area contributed by atoms with Gasteiger partial charge in [0.1, 0.15) is 0 Å². The van der Waals surface area contributed by atoms with Gasteiger partial charge in [-0.2, -0.15) is 10.1 Å². The Balaban J connectivity index is 1.74. The lowest BCUT2D eigenvalue weighted by Crippen LogP contribution is -2.08. The number of carbonyl (C=O) groups excluding carboxylic acids is 1. The summed E-state index contributed by atoms with van der Waals surface area (Å²) >= 11 is 0. The highest BCUT2D eigenvalue weighted by molar-refractivity contribution is 5.90. The number of aromatic nitrogens is 3. The van der Waals surface area contributed by atoms with Gasteiger partial charge < -0.3 is 15.4 Å². The molecule has 21 heavy (non-hydrogen) atoms. The average Bonchev–Trinajstić information content (AvgIpc) is 3.31. The smallest absolute Gasteiger partial charge is 0.337 e. The van der Waals surface area contributed by atoms with Crippen molar-refractivity contribution in [3.05, 3.63) is 36.0 Å². The number of nitrogens with zero attached hydrogens (tertiary/aromatic N) is 3. The number of anilines is 3. The molecule has 0 unspecified atom stereocenters. The summed E-state index contributed by atoms with van der Waals surface area (Å²) in [5, 5.41) is 14.1. The van der Waals surface area contributed by atoms with Crippen LogP contribution in [-0.4, -0.2) is 34.3 Å². The molecule has 0 amide bonds. The van der Waals surface area contributed by atoms with Gasteiger partial charge in [-0.15, -0.1) is 5.10 Å². The maximum Gasteiger partial charge on any atom is 0.337 e. The quantitative estimate of drug-likeness (QED) is 0.812. The summed E-state index contributed by atoms with van der Waals surface area (Å²) < 4.78 is 4.70. The molecule has 1 heterocycles. The van der Waals surface area contributed by atoms with Gasteiger partial charge in [0.15, 0.2) is 5.82 Å². The van der Waals surface area contributed by atoms with Crippen LogP contribution in [-0.2, 0) is 4.74 Å². The molecule has 0 saturated heterocycles. The highest BCUT2D eigenvalue weighted by Gasteiger charge is 2.22. The lowest BCUT2D eigenvalue weighted by Gasteiger charge is -2.08. The Morgan fingerprint density at radius 2 is 2.24 bits per heavy atom. The fourth-order valence-corrected chi connectivity index (χ4v) is 1.82. The minimum absolute atomic E-state index is 0.379. The van der Waals surface area contributed by atoms with Crippen molar-refractivity contribution < 1.29 is 9.53 Å². The Morgan fingerprint density at radius 3 is 3.00 bits per heavy atom. The number of nitrogens with one attached hydrogen (secondary N) is 2. The van der Waals surface area contributed by atoms with Gasteiger partial charge in [-0.05, 0) is 31.0 Å². The molecule has 1 aliphatic rings. The van der Waals surface area contributed by atoms with Crippen molar-refractivity contribution in [2.75, 3.05) is 17.7 Å². The zero-order valence-corrected chi connectivity index (χ0v) is 11.5. The predicted molar refractivity (Wildman–Crippen MR) is 77.5 cm³/mol. The molecule has 2 N–H and O–H groups in total. The molecule has 7 nitrogen and oxygen atoms in total. The predicted octanol–water partition coefficient (Wildman–Crippen LogP) is 1.98. The maximum absolute atomic E-state index is 11.5. The van der Waals surface area contributed by atoms with Crippen molar-refractivity contribution in [1.29, 1.82) is 0 Å². The van der Waals surface area contributed by atoms with Gasteiger partial charge in [0, 0.05) is 11.7 Å². The van der Waals surface area contributed by atoms with Crippen molar-refractivity contribution in [2.24, 2.45) is 0 Å². The lowest BCUT2D eigenvalue weighted by atomic mass is 10.2. The highest BCUT2D eigenvalue weighted by atomic mass is 16.5. The van der Waals surface area contributed by atoms with Crippen LogP contribution in [0.5, 0.6) is 0 Å². The molecular weight excluding hydrogens is 270 g/mol. The van der Waals surface area contributed by atoms with Crippen LogP contribution >= 0.6 is 0 Å². The van der Waals surface area contributed by atoms with E-state index < -0.39 is 0 Å². The van der Waals surface area contributed by atoms with E-state index in [0.29, 0.717) is 23.4 Å². The summed E-state index contributed by atoms with van der Waals surface area (Å²) in [6, 6.07) is 7.46. The summed E-state index contributed by atoms with van der Waals surface area (Å²) in [5.41, 5.74) is 1.21. The Hall–Kier alpha value is -2.70. The summed E-state index contributed by atoms with van der Waals surface area (Å²) in [4.78, 5) is 15.8. The van der Waals surface area contributed by atoms with Gasteiger partial charge in [-0.1, -0.05) is 6.07 Å². The number of ether oxygens (including phenoxy) is 1. The Bertz CT molecular complexity index is 657. The number of methoxy groups -OCH3 is 1. The molecule has 3 rings (SSSR count). The molecule has 0 bridgehead atoms. The SMILES string of the molecule is COC(=O)c1cccc(Nc2cnnc(NC3CC3)n2)c1. The van der Waals surface area contributed by atoms with Gasteiger partial charge in [-0.3, -0.25) is 0 Å². The van der Waals surface area contributed by atoms with Crippen LogP contribution in [0, 0.1) is 0 Å². The van der Waals surface area contributed by atoms with Crippen LogP contribution in [0.1, 0.15) is 23.2 Å². The van der Waals surface area contributed by atoms with Crippen LogP contribution < -0.4 is 10.6 Å². The Kier molecular flexibility index (Phi) is 3.63. The number of hydrogen-bond acceptors (Lipinski definition) is 7. The van der Waals surface area contributed by atoms with Crippen LogP contribution in [0.25, 0.3) is 0 Å². The fraction of sp³-hybridized carbons (Fsp3) is 0.286. The fourth-order valence-electron chi connectivity index (χ4n) is 1.82. The van der Waals surface area contributed by atoms with Crippen LogP contribution in [0.4, 0.5) is 17.5 Å². The van der Waals surface area contributed by atoms with Crippen molar-refractivity contribution >= 4 is 23.4 Å². The van der Waals surface area contributed by atoms with Gasteiger partial charge in [-0.25, -0.2) is 4.79 Å². The molecule has 7 heteroatoms. The molecule has 108 valence electrons. The van der Waals surface area contributed by atoms with Gasteiger partial charge >= 0.3 is 5.97 Å². The molecule has 1 fully saturated rings. The number of carbonyl (C=O) groups is 1. The van der Waals surface area contributed by atoms with Crippen LogP contribution in [0.3, 0.4) is 0 Å². The Labute approximate surface area is 121 Å². The molecule has 0 atom stereocenters. The third-order valence-corrected chi connectivity index (χ3v) is 3.03. The van der Waals surface area contributed by atoms with E-state index in [-0.39, 0.29) is 5.97 Å². The molecule has 1 saturated carbocycles. The third-order valence-electron chi connectivity index (χ3n) is 3.03. The summed E-state index contributed by atoms with van der Waals surface area (Å²) in [6.07, 6.45) is 3.81. The van der Waals surface area contributed by atoms with E-state index in [1.165, 1.54) is 13.3 Å². The van der Waals surface area contributed by atoms with E-state index in [4.69, 9.17) is 4.74 Å². The normalized spacial score (nSPS) is 13.6. The van der Waals surface area contributed by atoms with Crippen LogP contribution in [0.2, 0.25) is 0 Å². The van der Waals surface area contributed by atoms with Crippen molar-refractivity contribution in [2.45, 2.75) is 18.9 Å². The number of benzene rings is 1. The van der Waals surface area contributed by atoms with Crippen molar-refractivity contribution in [3.8, 4) is 0 Å². The highest BCUT2D eigenvalue weighted by Crippen LogP contribution is 2.23. The van der Waals surface area contributed by atoms with E-state index in [9.17, 15) is 4.79 Å². The zero-order chi connectivity index (χ0) is 14.7. The minimum Gasteiger partial charge on any atom is -0.465 e. The topological polar surface area (TPSA) is 89.0 Å². The second-order valence-corrected chi connectivity index (χ2v) is 4.78. The first kappa shape index (κ1) is 13.3. The number of rotatable bonds is 5. The zero-order valence-electron chi connectivity index (χ0n) is 11.5. The molecule has 2 aromatic rings. The molecule has 1 aliphatic carbocycles. The minimum atomic E-state index is -0.379. The largest absolute Gasteiger partial charge is 0.465 e. The first-order valence-corrected chi connectivity index (χ1v) is 6.66. The maximum atomic E-state index is 11.5. The lowest BCUT2D eigenvalue weighted by molar-refractivity contribution is 0.0601. The molecule has 0 spiro atoms.